The molecule has 0 saturated carbocycles. The van der Waals surface area contributed by atoms with Crippen LogP contribution in [0.15, 0.2) is 23.3 Å². The summed E-state index contributed by atoms with van der Waals surface area (Å²) < 4.78 is 11.1. The van der Waals surface area contributed by atoms with Crippen LogP contribution in [0.25, 0.3) is 0 Å². The van der Waals surface area contributed by atoms with Crippen molar-refractivity contribution in [3.8, 4) is 0 Å². The van der Waals surface area contributed by atoms with Gasteiger partial charge in [0.05, 0.1) is 30.1 Å². The predicted molar refractivity (Wildman–Crippen MR) is 129 cm³/mol. The molecule has 186 valence electrons. The van der Waals surface area contributed by atoms with E-state index in [1.54, 1.807) is 21.0 Å². The molecule has 5 unspecified atom stereocenters. The Morgan fingerprint density at radius 1 is 1.09 bits per heavy atom. The second-order valence-corrected chi connectivity index (χ2v) is 9.60. The first-order chi connectivity index (χ1) is 14.8. The van der Waals surface area contributed by atoms with E-state index in [2.05, 4.69) is 19.9 Å². The predicted octanol–water partition coefficient (Wildman–Crippen LogP) is 5.19. The van der Waals surface area contributed by atoms with E-state index in [0.29, 0.717) is 6.42 Å². The third kappa shape index (κ3) is 9.55. The van der Waals surface area contributed by atoms with Gasteiger partial charge in [-0.2, -0.15) is 0 Å². The molecule has 5 atom stereocenters. The Kier molecular flexibility index (Phi) is 13.9. The highest BCUT2D eigenvalue weighted by Crippen LogP contribution is 2.34. The molecule has 2 N–H and O–H groups in total. The number of carbonyl (C=O) groups is 2. The molecular formula is C26H46O6. The number of ether oxygens (including phenoxy) is 2. The van der Waals surface area contributed by atoms with Gasteiger partial charge in [0.1, 0.15) is 5.78 Å². The Balaban J connectivity index is 4.97. The lowest BCUT2D eigenvalue weighted by Crippen LogP contribution is -2.46. The van der Waals surface area contributed by atoms with Gasteiger partial charge in [0.25, 0.3) is 0 Å². The van der Waals surface area contributed by atoms with Crippen molar-refractivity contribution in [3.63, 3.8) is 0 Å². The zero-order valence-corrected chi connectivity index (χ0v) is 21.6. The van der Waals surface area contributed by atoms with Crippen molar-refractivity contribution in [2.24, 2.45) is 17.3 Å². The van der Waals surface area contributed by atoms with Gasteiger partial charge in [-0.25, -0.2) is 0 Å². The average molecular weight is 455 g/mol. The summed E-state index contributed by atoms with van der Waals surface area (Å²) in [7, 11) is 3.07. The third-order valence-corrected chi connectivity index (χ3v) is 6.73. The van der Waals surface area contributed by atoms with Crippen molar-refractivity contribution in [1.82, 2.24) is 0 Å². The summed E-state index contributed by atoms with van der Waals surface area (Å²) in [6.45, 7) is 13.4. The highest BCUT2D eigenvalue weighted by atomic mass is 16.5. The van der Waals surface area contributed by atoms with Crippen molar-refractivity contribution in [3.05, 3.63) is 23.3 Å². The number of methoxy groups -OCH3 is 2. The van der Waals surface area contributed by atoms with E-state index in [1.807, 2.05) is 26.8 Å². The zero-order chi connectivity index (χ0) is 25.1. The lowest BCUT2D eigenvalue weighted by Gasteiger charge is -2.36. The van der Waals surface area contributed by atoms with Gasteiger partial charge in [-0.05, 0) is 57.9 Å². The number of rotatable bonds is 16. The molecule has 32 heavy (non-hydrogen) atoms. The van der Waals surface area contributed by atoms with Crippen LogP contribution < -0.4 is 0 Å². The van der Waals surface area contributed by atoms with Gasteiger partial charge in [0, 0.05) is 20.1 Å². The molecule has 0 saturated heterocycles. The van der Waals surface area contributed by atoms with E-state index in [9.17, 15) is 14.7 Å². The summed E-state index contributed by atoms with van der Waals surface area (Å²) in [4.78, 5) is 24.4. The Morgan fingerprint density at radius 2 is 1.69 bits per heavy atom. The number of carboxylic acids is 1. The number of aliphatic hydroxyl groups excluding tert-OH is 1. The first-order valence-electron chi connectivity index (χ1n) is 11.6. The number of carboxylic acid groups (broad SMARTS) is 1. The monoisotopic (exact) mass is 454 g/mol. The van der Waals surface area contributed by atoms with Gasteiger partial charge in [0.2, 0.25) is 0 Å². The third-order valence-electron chi connectivity index (χ3n) is 6.73. The summed E-state index contributed by atoms with van der Waals surface area (Å²) >= 11 is 0. The summed E-state index contributed by atoms with van der Waals surface area (Å²) in [5.74, 6) is -1.25. The molecule has 0 rings (SSSR count). The highest BCUT2D eigenvalue weighted by molar-refractivity contribution is 5.87. The van der Waals surface area contributed by atoms with E-state index in [0.717, 1.165) is 24.8 Å². The fourth-order valence-electron chi connectivity index (χ4n) is 4.28. The Morgan fingerprint density at radius 3 is 2.16 bits per heavy atom. The number of aliphatic carboxylic acids is 1. The molecule has 0 bridgehead atoms. The number of ketones is 1. The first kappa shape index (κ1) is 30.5. The smallest absolute Gasteiger partial charge is 0.306 e. The summed E-state index contributed by atoms with van der Waals surface area (Å²) in [5, 5.41) is 19.2. The van der Waals surface area contributed by atoms with E-state index in [1.165, 1.54) is 12.7 Å². The van der Waals surface area contributed by atoms with Gasteiger partial charge in [-0.15, -0.1) is 0 Å². The van der Waals surface area contributed by atoms with Gasteiger partial charge in [-0.1, -0.05) is 45.4 Å². The van der Waals surface area contributed by atoms with Crippen LogP contribution in [-0.4, -0.2) is 54.5 Å². The van der Waals surface area contributed by atoms with Crippen molar-refractivity contribution in [2.45, 2.75) is 98.9 Å². The van der Waals surface area contributed by atoms with Crippen LogP contribution in [0, 0.1) is 17.3 Å². The lowest BCUT2D eigenvalue weighted by molar-refractivity contribution is -0.150. The topological polar surface area (TPSA) is 93.1 Å². The van der Waals surface area contributed by atoms with Crippen LogP contribution in [0.1, 0.15) is 80.6 Å². The largest absolute Gasteiger partial charge is 0.481 e. The van der Waals surface area contributed by atoms with Crippen molar-refractivity contribution < 1.29 is 29.3 Å². The molecule has 0 aromatic carbocycles. The van der Waals surface area contributed by atoms with E-state index in [-0.39, 0.29) is 30.1 Å². The van der Waals surface area contributed by atoms with Gasteiger partial charge < -0.3 is 19.7 Å². The minimum absolute atomic E-state index is 0.0475. The number of hydrogen-bond acceptors (Lipinski definition) is 5. The standard InChI is InChI=1S/C26H46O6/c1-10-18(3)21(27)15-14-17(2)12-11-13-19(4)24(32-9)20(5)25(30)26(6,7)22(31-8)16-23(28)29/h10,14,19-22,24,27H,11-13,15-16H2,1-9H3,(H,28,29)/b17-14-,18-10+. The molecule has 6 nitrogen and oxygen atoms in total. The van der Waals surface area contributed by atoms with Gasteiger partial charge in [-0.3, -0.25) is 9.59 Å². The molecule has 0 fully saturated rings. The number of Topliss-reactive ketones (excluding diaryl/α,β-unsaturated/α-hetero) is 1. The molecule has 6 heteroatoms. The number of carbonyl (C=O) groups excluding carboxylic acids is 1. The van der Waals surface area contributed by atoms with Crippen LogP contribution in [-0.2, 0) is 19.1 Å². The average Bonchev–Trinajstić information content (AvgIpc) is 2.74. The minimum atomic E-state index is -0.987. The normalized spacial score (nSPS) is 18.1. The zero-order valence-electron chi connectivity index (χ0n) is 21.6. The lowest BCUT2D eigenvalue weighted by atomic mass is 9.72. The SMILES string of the molecule is C/C=C(\C)C(O)C/C=C(/C)CCCC(C)C(OC)C(C)C(=O)C(C)(C)C(CC(=O)O)OC. The van der Waals surface area contributed by atoms with Crippen LogP contribution >= 0.6 is 0 Å². The molecule has 0 aliphatic carbocycles. The Labute approximate surface area is 195 Å². The highest BCUT2D eigenvalue weighted by Gasteiger charge is 2.43. The maximum atomic E-state index is 13.3. The second kappa shape index (κ2) is 14.6. The van der Waals surface area contributed by atoms with Crippen LogP contribution in [0.2, 0.25) is 0 Å². The summed E-state index contributed by atoms with van der Waals surface area (Å²) in [6, 6.07) is 0. The van der Waals surface area contributed by atoms with Crippen LogP contribution in [0.4, 0.5) is 0 Å². The van der Waals surface area contributed by atoms with E-state index in [4.69, 9.17) is 14.6 Å². The van der Waals surface area contributed by atoms with E-state index >= 15 is 0 Å². The molecule has 0 aliphatic rings. The van der Waals surface area contributed by atoms with Crippen molar-refractivity contribution in [2.75, 3.05) is 14.2 Å². The molecule has 0 spiro atoms. The fourth-order valence-corrected chi connectivity index (χ4v) is 4.28. The molecular weight excluding hydrogens is 408 g/mol. The van der Waals surface area contributed by atoms with Crippen LogP contribution in [0.5, 0.6) is 0 Å². The fraction of sp³-hybridized carbons (Fsp3) is 0.769. The summed E-state index contributed by atoms with van der Waals surface area (Å²) in [6.07, 6.45) is 5.84. The van der Waals surface area contributed by atoms with E-state index < -0.39 is 23.6 Å². The molecule has 0 aromatic rings. The molecule has 0 aliphatic heterocycles. The van der Waals surface area contributed by atoms with Gasteiger partial charge >= 0.3 is 5.97 Å². The van der Waals surface area contributed by atoms with Gasteiger partial charge in [0.15, 0.2) is 0 Å². The maximum Gasteiger partial charge on any atom is 0.306 e. The second-order valence-electron chi connectivity index (χ2n) is 9.60. The van der Waals surface area contributed by atoms with Crippen molar-refractivity contribution in [1.29, 1.82) is 0 Å². The van der Waals surface area contributed by atoms with Crippen LogP contribution in [0.3, 0.4) is 0 Å². The van der Waals surface area contributed by atoms with Crippen molar-refractivity contribution >= 4 is 11.8 Å². The number of hydrogen-bond donors (Lipinski definition) is 2. The quantitative estimate of drug-likeness (QED) is 0.312. The number of aliphatic hydroxyl groups is 1. The Hall–Kier alpha value is -1.50. The molecule has 0 aromatic heterocycles. The maximum absolute atomic E-state index is 13.3. The Bertz CT molecular complexity index is 649. The first-order valence-corrected chi connectivity index (χ1v) is 11.6. The number of allylic oxidation sites excluding steroid dienone is 2. The molecule has 0 amide bonds. The molecule has 0 heterocycles. The minimum Gasteiger partial charge on any atom is -0.481 e. The molecule has 0 radical (unpaired) electrons. The summed E-state index contributed by atoms with van der Waals surface area (Å²) in [5.41, 5.74) is 1.29.